The Morgan fingerprint density at radius 2 is 1.81 bits per heavy atom. The summed E-state index contributed by atoms with van der Waals surface area (Å²) >= 11 is 6.19. The van der Waals surface area contributed by atoms with Gasteiger partial charge in [-0.1, -0.05) is 54.1 Å². The van der Waals surface area contributed by atoms with Gasteiger partial charge in [-0.2, -0.15) is 5.10 Å². The molecule has 7 heteroatoms. The van der Waals surface area contributed by atoms with Crippen molar-refractivity contribution in [3.8, 4) is 0 Å². The van der Waals surface area contributed by atoms with Gasteiger partial charge in [0, 0.05) is 37.6 Å². The molecule has 0 amide bonds. The molecule has 1 aromatic heterocycles. The number of aromatic nitrogens is 2. The molecule has 0 spiro atoms. The van der Waals surface area contributed by atoms with Crippen LogP contribution in [0.15, 0.2) is 72.0 Å². The third kappa shape index (κ3) is 6.55. The molecule has 0 aliphatic heterocycles. The zero-order valence-electron chi connectivity index (χ0n) is 15.1. The first-order valence-corrected chi connectivity index (χ1v) is 8.85. The lowest BCUT2D eigenvalue weighted by Gasteiger charge is -2.13. The molecule has 0 saturated carbocycles. The molecule has 2 N–H and O–H groups in total. The molecule has 5 nitrogen and oxygen atoms in total. The molecule has 3 aromatic rings. The second-order valence-corrected chi connectivity index (χ2v) is 6.30. The van der Waals surface area contributed by atoms with Crippen molar-refractivity contribution in [2.75, 3.05) is 7.05 Å². The van der Waals surface area contributed by atoms with E-state index in [1.54, 1.807) is 13.2 Å². The topological polar surface area (TPSA) is 54.2 Å². The van der Waals surface area contributed by atoms with Crippen LogP contribution in [0, 0.1) is 0 Å². The van der Waals surface area contributed by atoms with Gasteiger partial charge < -0.3 is 10.6 Å². The van der Waals surface area contributed by atoms with Crippen LogP contribution >= 0.6 is 35.6 Å². The summed E-state index contributed by atoms with van der Waals surface area (Å²) in [5.74, 6) is 0.738. The Bertz CT molecular complexity index is 864. The van der Waals surface area contributed by atoms with Gasteiger partial charge in [-0.15, -0.1) is 24.0 Å². The number of nitrogens with one attached hydrogen (secondary N) is 2. The van der Waals surface area contributed by atoms with E-state index in [4.69, 9.17) is 11.6 Å². The molecule has 0 saturated heterocycles. The molecule has 142 valence electrons. The van der Waals surface area contributed by atoms with Crippen molar-refractivity contribution in [3.05, 3.63) is 88.7 Å². The van der Waals surface area contributed by atoms with Crippen molar-refractivity contribution < 1.29 is 0 Å². The van der Waals surface area contributed by atoms with E-state index in [0.717, 1.165) is 23.1 Å². The fourth-order valence-electron chi connectivity index (χ4n) is 2.65. The summed E-state index contributed by atoms with van der Waals surface area (Å²) in [5, 5.41) is 11.6. The summed E-state index contributed by atoms with van der Waals surface area (Å²) in [6, 6.07) is 18.2. The largest absolute Gasteiger partial charge is 0.352 e. The number of benzene rings is 2. The van der Waals surface area contributed by atoms with Gasteiger partial charge in [0.25, 0.3) is 0 Å². The molecule has 0 aliphatic carbocycles. The minimum atomic E-state index is 0. The van der Waals surface area contributed by atoms with Gasteiger partial charge in [0.1, 0.15) is 0 Å². The van der Waals surface area contributed by atoms with Crippen molar-refractivity contribution in [2.45, 2.75) is 19.6 Å². The molecule has 27 heavy (non-hydrogen) atoms. The van der Waals surface area contributed by atoms with Crippen molar-refractivity contribution in [2.24, 2.45) is 4.99 Å². The van der Waals surface area contributed by atoms with Gasteiger partial charge in [0.05, 0.1) is 6.54 Å². The average molecular weight is 496 g/mol. The van der Waals surface area contributed by atoms with E-state index in [-0.39, 0.29) is 24.0 Å². The van der Waals surface area contributed by atoms with Gasteiger partial charge in [0.2, 0.25) is 0 Å². The quantitative estimate of drug-likeness (QED) is 0.308. The van der Waals surface area contributed by atoms with Crippen LogP contribution in [0.2, 0.25) is 5.02 Å². The molecular formula is C20H23ClIN5. The van der Waals surface area contributed by atoms with Gasteiger partial charge in [0.15, 0.2) is 5.96 Å². The highest BCUT2D eigenvalue weighted by atomic mass is 127. The highest BCUT2D eigenvalue weighted by molar-refractivity contribution is 14.0. The standard InChI is InChI=1S/C20H22ClN5.HI/c1-22-20(24-14-18-8-2-3-9-19(18)21)23-13-16-6-4-7-17(12-16)15-26-11-5-10-25-26;/h2-12H,13-15H2,1H3,(H2,22,23,24);1H. The SMILES string of the molecule is CN=C(NCc1cccc(Cn2cccn2)c1)NCc1ccccc1Cl.I. The van der Waals surface area contributed by atoms with Gasteiger partial charge >= 0.3 is 0 Å². The Labute approximate surface area is 181 Å². The number of hydrogen-bond donors (Lipinski definition) is 2. The van der Waals surface area contributed by atoms with Gasteiger partial charge in [-0.25, -0.2) is 0 Å². The number of hydrogen-bond acceptors (Lipinski definition) is 2. The Morgan fingerprint density at radius 1 is 1.04 bits per heavy atom. The number of nitrogens with zero attached hydrogens (tertiary/aromatic N) is 3. The van der Waals surface area contributed by atoms with E-state index in [0.29, 0.717) is 13.1 Å². The highest BCUT2D eigenvalue weighted by Gasteiger charge is 2.03. The Hall–Kier alpha value is -2.06. The van der Waals surface area contributed by atoms with Gasteiger partial charge in [-0.05, 0) is 28.8 Å². The Kier molecular flexibility index (Phi) is 8.60. The zero-order chi connectivity index (χ0) is 18.2. The molecule has 2 aromatic carbocycles. The second kappa shape index (κ2) is 10.9. The van der Waals surface area contributed by atoms with Crippen molar-refractivity contribution in [1.82, 2.24) is 20.4 Å². The normalized spacial score (nSPS) is 11.0. The third-order valence-corrected chi connectivity index (χ3v) is 4.35. The number of rotatable bonds is 6. The Morgan fingerprint density at radius 3 is 2.56 bits per heavy atom. The molecule has 0 unspecified atom stereocenters. The maximum absolute atomic E-state index is 6.19. The second-order valence-electron chi connectivity index (χ2n) is 5.89. The maximum Gasteiger partial charge on any atom is 0.191 e. The van der Waals surface area contributed by atoms with Crippen LogP contribution in [-0.2, 0) is 19.6 Å². The van der Waals surface area contributed by atoms with Crippen LogP contribution in [0.3, 0.4) is 0 Å². The monoisotopic (exact) mass is 495 g/mol. The smallest absolute Gasteiger partial charge is 0.191 e. The molecule has 0 fully saturated rings. The van der Waals surface area contributed by atoms with Crippen LogP contribution in [0.4, 0.5) is 0 Å². The van der Waals surface area contributed by atoms with Crippen LogP contribution in [0.25, 0.3) is 0 Å². The van der Waals surface area contributed by atoms with E-state index < -0.39 is 0 Å². The summed E-state index contributed by atoms with van der Waals surface area (Å²) in [6.45, 7) is 2.08. The fraction of sp³-hybridized carbons (Fsp3) is 0.200. The Balaban J connectivity index is 0.00000261. The fourth-order valence-corrected chi connectivity index (χ4v) is 2.85. The lowest BCUT2D eigenvalue weighted by Crippen LogP contribution is -2.36. The molecular weight excluding hydrogens is 473 g/mol. The molecule has 0 radical (unpaired) electrons. The third-order valence-electron chi connectivity index (χ3n) is 3.98. The van der Waals surface area contributed by atoms with E-state index in [1.165, 1.54) is 11.1 Å². The molecule has 0 bridgehead atoms. The lowest BCUT2D eigenvalue weighted by molar-refractivity contribution is 0.685. The van der Waals surface area contributed by atoms with Crippen LogP contribution in [0.5, 0.6) is 0 Å². The van der Waals surface area contributed by atoms with Crippen molar-refractivity contribution in [1.29, 1.82) is 0 Å². The number of halogens is 2. The van der Waals surface area contributed by atoms with Crippen LogP contribution < -0.4 is 10.6 Å². The summed E-state index contributed by atoms with van der Waals surface area (Å²) in [4.78, 5) is 4.27. The molecule has 0 aliphatic rings. The van der Waals surface area contributed by atoms with E-state index in [2.05, 4.69) is 45.0 Å². The van der Waals surface area contributed by atoms with E-state index >= 15 is 0 Å². The first-order valence-electron chi connectivity index (χ1n) is 8.48. The van der Waals surface area contributed by atoms with Gasteiger partial charge in [-0.3, -0.25) is 9.67 Å². The molecule has 0 atom stereocenters. The minimum Gasteiger partial charge on any atom is -0.352 e. The first-order chi connectivity index (χ1) is 12.7. The molecule has 3 rings (SSSR count). The van der Waals surface area contributed by atoms with E-state index in [1.807, 2.05) is 41.2 Å². The van der Waals surface area contributed by atoms with Crippen LogP contribution in [0.1, 0.15) is 16.7 Å². The average Bonchev–Trinajstić information content (AvgIpc) is 3.16. The number of guanidine groups is 1. The zero-order valence-corrected chi connectivity index (χ0v) is 18.2. The van der Waals surface area contributed by atoms with Crippen molar-refractivity contribution >= 4 is 41.5 Å². The minimum absolute atomic E-state index is 0. The first kappa shape index (κ1) is 21.2. The lowest BCUT2D eigenvalue weighted by atomic mass is 10.1. The number of aliphatic imine (C=N–C) groups is 1. The summed E-state index contributed by atoms with van der Waals surface area (Å²) < 4.78 is 1.91. The highest BCUT2D eigenvalue weighted by Crippen LogP contribution is 2.14. The summed E-state index contributed by atoms with van der Waals surface area (Å²) in [5.41, 5.74) is 3.45. The predicted molar refractivity (Wildman–Crippen MR) is 122 cm³/mol. The summed E-state index contributed by atoms with van der Waals surface area (Å²) in [6.07, 6.45) is 3.76. The molecule has 1 heterocycles. The predicted octanol–water partition coefficient (Wildman–Crippen LogP) is 4.07. The maximum atomic E-state index is 6.19. The van der Waals surface area contributed by atoms with E-state index in [9.17, 15) is 0 Å². The summed E-state index contributed by atoms with van der Waals surface area (Å²) in [7, 11) is 1.76. The van der Waals surface area contributed by atoms with Crippen LogP contribution in [-0.4, -0.2) is 22.8 Å². The van der Waals surface area contributed by atoms with Crippen molar-refractivity contribution in [3.63, 3.8) is 0 Å².